The monoisotopic (exact) mass is 463 g/mol. The van der Waals surface area contributed by atoms with E-state index in [4.69, 9.17) is 4.99 Å². The molecule has 1 aliphatic rings. The molecule has 0 N–H and O–H groups in total. The molecule has 0 saturated carbocycles. The highest BCUT2D eigenvalue weighted by atomic mass is 19.1. The third-order valence-corrected chi connectivity index (χ3v) is 5.84. The van der Waals surface area contributed by atoms with Gasteiger partial charge in [0.05, 0.1) is 11.4 Å². The molecule has 9 heteroatoms. The Morgan fingerprint density at radius 3 is 2.74 bits per heavy atom. The average Bonchev–Trinajstić information content (AvgIpc) is 3.34. The molecule has 5 aromatic rings. The molecular formula is C26H18FN7O. The van der Waals surface area contributed by atoms with Crippen LogP contribution >= 0.6 is 0 Å². The van der Waals surface area contributed by atoms with Crippen LogP contribution in [0.25, 0.3) is 11.3 Å². The average molecular weight is 463 g/mol. The van der Waals surface area contributed by atoms with E-state index in [0.717, 1.165) is 17.1 Å². The molecular weight excluding hydrogens is 445 g/mol. The Kier molecular flexibility index (Phi) is 4.85. The second-order valence-electron chi connectivity index (χ2n) is 8.05. The lowest BCUT2D eigenvalue weighted by atomic mass is 9.98. The fourth-order valence-electron chi connectivity index (χ4n) is 4.23. The maximum Gasteiger partial charge on any atom is 0.351 e. The van der Waals surface area contributed by atoms with Crippen molar-refractivity contribution in [2.75, 3.05) is 0 Å². The van der Waals surface area contributed by atoms with Gasteiger partial charge < -0.3 is 0 Å². The van der Waals surface area contributed by atoms with Gasteiger partial charge in [-0.2, -0.15) is 0 Å². The van der Waals surface area contributed by atoms with Crippen molar-refractivity contribution in [3.05, 3.63) is 112 Å². The van der Waals surface area contributed by atoms with Gasteiger partial charge in [0.15, 0.2) is 11.5 Å². The summed E-state index contributed by atoms with van der Waals surface area (Å²) in [6.45, 7) is 2.28. The molecule has 0 aliphatic carbocycles. The molecule has 0 saturated heterocycles. The van der Waals surface area contributed by atoms with Crippen molar-refractivity contribution in [3.8, 4) is 17.5 Å². The molecule has 0 amide bonds. The Morgan fingerprint density at radius 2 is 1.89 bits per heavy atom. The molecule has 35 heavy (non-hydrogen) atoms. The fraction of sp³-hybridized carbons (Fsp3) is 0.115. The highest BCUT2D eigenvalue weighted by Crippen LogP contribution is 2.27. The van der Waals surface area contributed by atoms with Crippen LogP contribution in [0.1, 0.15) is 28.3 Å². The Hall–Kier alpha value is -4.84. The minimum Gasteiger partial charge on any atom is -0.281 e. The fourth-order valence-corrected chi connectivity index (χ4v) is 4.23. The highest BCUT2D eigenvalue weighted by molar-refractivity contribution is 6.15. The summed E-state index contributed by atoms with van der Waals surface area (Å²) >= 11 is 0. The zero-order valence-electron chi connectivity index (χ0n) is 18.7. The van der Waals surface area contributed by atoms with Crippen LogP contribution in [0.15, 0.2) is 76.6 Å². The van der Waals surface area contributed by atoms with Crippen molar-refractivity contribution >= 4 is 11.4 Å². The van der Waals surface area contributed by atoms with Gasteiger partial charge in [-0.15, -0.1) is 15.3 Å². The van der Waals surface area contributed by atoms with Crippen molar-refractivity contribution < 1.29 is 4.39 Å². The maximum atomic E-state index is 14.8. The van der Waals surface area contributed by atoms with Crippen LogP contribution in [0.5, 0.6) is 0 Å². The van der Waals surface area contributed by atoms with Crippen LogP contribution in [0.3, 0.4) is 0 Å². The molecule has 6 rings (SSSR count). The number of hydrogen-bond donors (Lipinski definition) is 0. The molecule has 3 aromatic heterocycles. The van der Waals surface area contributed by atoms with Gasteiger partial charge in [-0.3, -0.25) is 14.0 Å². The first-order valence-electron chi connectivity index (χ1n) is 11.0. The Balaban J connectivity index is 1.43. The zero-order chi connectivity index (χ0) is 23.9. The Labute approximate surface area is 199 Å². The second kappa shape index (κ2) is 8.18. The van der Waals surface area contributed by atoms with Gasteiger partial charge in [-0.05, 0) is 49.4 Å². The van der Waals surface area contributed by atoms with Gasteiger partial charge in [0.2, 0.25) is 0 Å². The van der Waals surface area contributed by atoms with Gasteiger partial charge in [0.25, 0.3) is 0 Å². The summed E-state index contributed by atoms with van der Waals surface area (Å²) in [6.07, 6.45) is 1.67. The molecule has 4 heterocycles. The van der Waals surface area contributed by atoms with Crippen LogP contribution in [0.2, 0.25) is 0 Å². The SMILES string of the molecule is Cc1nnc2n1-c1ccc(C#CCn3nc4ccccn4c3=O)cc1C(c1ccccc1F)=NC2. The summed E-state index contributed by atoms with van der Waals surface area (Å²) in [5, 5.41) is 12.7. The molecule has 8 nitrogen and oxygen atoms in total. The largest absolute Gasteiger partial charge is 0.351 e. The van der Waals surface area contributed by atoms with E-state index in [1.165, 1.54) is 15.1 Å². The van der Waals surface area contributed by atoms with E-state index in [0.29, 0.717) is 28.3 Å². The lowest BCUT2D eigenvalue weighted by Crippen LogP contribution is -2.20. The molecule has 2 aromatic carbocycles. The minimum atomic E-state index is -0.353. The van der Waals surface area contributed by atoms with Gasteiger partial charge >= 0.3 is 5.69 Å². The number of nitrogens with zero attached hydrogens (tertiary/aromatic N) is 7. The number of aromatic nitrogens is 6. The van der Waals surface area contributed by atoms with E-state index < -0.39 is 0 Å². The quantitative estimate of drug-likeness (QED) is 0.377. The van der Waals surface area contributed by atoms with Crippen LogP contribution in [-0.2, 0) is 13.1 Å². The van der Waals surface area contributed by atoms with E-state index in [-0.39, 0.29) is 24.6 Å². The molecule has 0 spiro atoms. The standard InChI is InChI=1S/C26H18FN7O/c1-17-29-30-24-16-28-25(19-8-2-3-9-21(19)27)20-15-18(11-12-22(20)34(17)24)7-6-14-33-26(35)32-13-5-4-10-23(32)31-33/h2-5,8-13,15H,14,16H2,1H3. The number of pyridine rings is 1. The molecule has 0 bridgehead atoms. The van der Waals surface area contributed by atoms with Crippen LogP contribution in [0.4, 0.5) is 4.39 Å². The van der Waals surface area contributed by atoms with Crippen LogP contribution in [-0.4, -0.2) is 34.7 Å². The van der Waals surface area contributed by atoms with E-state index in [1.54, 1.807) is 36.5 Å². The molecule has 170 valence electrons. The molecule has 0 atom stereocenters. The van der Waals surface area contributed by atoms with Gasteiger partial charge in [-0.1, -0.05) is 30.0 Å². The van der Waals surface area contributed by atoms with Crippen LogP contribution in [0, 0.1) is 24.6 Å². The summed E-state index contributed by atoms with van der Waals surface area (Å²) in [4.78, 5) is 17.2. The van der Waals surface area contributed by atoms with Crippen molar-refractivity contribution in [2.45, 2.75) is 20.0 Å². The number of halogens is 1. The summed E-state index contributed by atoms with van der Waals surface area (Å²) in [7, 11) is 0. The second-order valence-corrected chi connectivity index (χ2v) is 8.05. The van der Waals surface area contributed by atoms with Gasteiger partial charge in [-0.25, -0.2) is 13.9 Å². The third-order valence-electron chi connectivity index (χ3n) is 5.84. The summed E-state index contributed by atoms with van der Waals surface area (Å²) in [6, 6.07) is 17.6. The Morgan fingerprint density at radius 1 is 1.03 bits per heavy atom. The van der Waals surface area contributed by atoms with Crippen molar-refractivity contribution in [1.82, 2.24) is 28.9 Å². The lowest BCUT2D eigenvalue weighted by molar-refractivity contribution is 0.625. The number of hydrogen-bond acceptors (Lipinski definition) is 5. The summed E-state index contributed by atoms with van der Waals surface area (Å²) in [5.74, 6) is 7.18. The predicted molar refractivity (Wildman–Crippen MR) is 128 cm³/mol. The maximum absolute atomic E-state index is 14.8. The number of aryl methyl sites for hydroxylation is 1. The summed E-state index contributed by atoms with van der Waals surface area (Å²) in [5.41, 5.74) is 3.50. The first-order valence-corrected chi connectivity index (χ1v) is 11.0. The van der Waals surface area contributed by atoms with Crippen molar-refractivity contribution in [3.63, 3.8) is 0 Å². The van der Waals surface area contributed by atoms with E-state index in [9.17, 15) is 9.18 Å². The van der Waals surface area contributed by atoms with Gasteiger partial charge in [0, 0.05) is 22.9 Å². The molecule has 0 unspecified atom stereocenters. The van der Waals surface area contributed by atoms with E-state index in [2.05, 4.69) is 27.1 Å². The van der Waals surface area contributed by atoms with E-state index >= 15 is 0 Å². The van der Waals surface area contributed by atoms with Crippen molar-refractivity contribution in [2.24, 2.45) is 4.99 Å². The smallest absolute Gasteiger partial charge is 0.281 e. The van der Waals surface area contributed by atoms with Gasteiger partial charge in [0.1, 0.15) is 24.7 Å². The number of aliphatic imine (C=N–C) groups is 1. The lowest BCUT2D eigenvalue weighted by Gasteiger charge is -2.13. The molecule has 0 radical (unpaired) electrons. The highest BCUT2D eigenvalue weighted by Gasteiger charge is 2.23. The molecule has 0 fully saturated rings. The number of rotatable bonds is 2. The first kappa shape index (κ1) is 20.7. The normalized spacial score (nSPS) is 12.3. The number of fused-ring (bicyclic) bond motifs is 4. The van der Waals surface area contributed by atoms with Crippen LogP contribution < -0.4 is 5.69 Å². The van der Waals surface area contributed by atoms with E-state index in [1.807, 2.05) is 35.8 Å². The molecule has 1 aliphatic heterocycles. The number of benzene rings is 2. The predicted octanol–water partition coefficient (Wildman–Crippen LogP) is 2.93. The first-order chi connectivity index (χ1) is 17.1. The summed E-state index contributed by atoms with van der Waals surface area (Å²) < 4.78 is 19.5. The Bertz CT molecular complexity index is 1760. The zero-order valence-corrected chi connectivity index (χ0v) is 18.7. The topological polar surface area (TPSA) is 82.4 Å². The van der Waals surface area contributed by atoms with Crippen molar-refractivity contribution in [1.29, 1.82) is 0 Å². The third kappa shape index (κ3) is 3.52. The minimum absolute atomic E-state index is 0.139.